The summed E-state index contributed by atoms with van der Waals surface area (Å²) in [7, 11) is 0. The minimum atomic E-state index is -1.48. The van der Waals surface area contributed by atoms with Crippen molar-refractivity contribution in [3.05, 3.63) is 0 Å². The van der Waals surface area contributed by atoms with Gasteiger partial charge in [0.15, 0.2) is 0 Å². The highest BCUT2D eigenvalue weighted by Crippen LogP contribution is 2.26. The van der Waals surface area contributed by atoms with Gasteiger partial charge >= 0.3 is 0 Å². The second kappa shape index (κ2) is 29.9. The Bertz CT molecular complexity index is 741. The van der Waals surface area contributed by atoms with Crippen LogP contribution in [0, 0.1) is 0 Å². The van der Waals surface area contributed by atoms with E-state index in [4.69, 9.17) is 4.74 Å². The lowest BCUT2D eigenvalue weighted by molar-refractivity contribution is -0.231. The number of aliphatic hydroxyl groups is 6. The molecule has 0 unspecified atom stereocenters. The van der Waals surface area contributed by atoms with Gasteiger partial charge in [-0.15, -0.1) is 0 Å². The summed E-state index contributed by atoms with van der Waals surface area (Å²) in [4.78, 5) is 12.9. The van der Waals surface area contributed by atoms with Gasteiger partial charge in [0.05, 0.1) is 31.0 Å². The minimum absolute atomic E-state index is 0.160. The third-order valence-corrected chi connectivity index (χ3v) is 10.3. The molecule has 9 nitrogen and oxygen atoms in total. The van der Waals surface area contributed by atoms with E-state index in [1.165, 1.54) is 109 Å². The van der Waals surface area contributed by atoms with Gasteiger partial charge in [0.2, 0.25) is 5.91 Å². The molecule has 1 rings (SSSR count). The Hall–Kier alpha value is -0.810. The van der Waals surface area contributed by atoms with E-state index in [2.05, 4.69) is 19.2 Å². The average Bonchev–Trinajstić information content (AvgIpc) is 3.08. The molecule has 1 aliphatic rings. The van der Waals surface area contributed by atoms with Crippen LogP contribution in [0.4, 0.5) is 0 Å². The molecule has 0 saturated carbocycles. The second-order valence-corrected chi connectivity index (χ2v) is 14.6. The van der Waals surface area contributed by atoms with Crippen LogP contribution in [-0.2, 0) is 9.53 Å². The Morgan fingerprint density at radius 1 is 0.583 bits per heavy atom. The average molecular weight is 688 g/mol. The van der Waals surface area contributed by atoms with E-state index in [0.717, 1.165) is 38.5 Å². The smallest absolute Gasteiger partial charge is 0.220 e. The second-order valence-electron chi connectivity index (χ2n) is 14.6. The number of aliphatic hydroxyl groups excluding tert-OH is 6. The fraction of sp³-hybridized carbons (Fsp3) is 0.974. The van der Waals surface area contributed by atoms with Crippen LogP contribution in [0.2, 0.25) is 0 Å². The third-order valence-electron chi connectivity index (χ3n) is 10.3. The number of amides is 1. The molecule has 0 aliphatic carbocycles. The van der Waals surface area contributed by atoms with E-state index >= 15 is 0 Å². The van der Waals surface area contributed by atoms with Crippen molar-refractivity contribution in [2.75, 3.05) is 6.61 Å². The highest BCUT2D eigenvalue weighted by molar-refractivity contribution is 5.76. The zero-order valence-electron chi connectivity index (χ0n) is 30.9. The summed E-state index contributed by atoms with van der Waals surface area (Å²) in [6.45, 7) is 3.96. The molecule has 0 aromatic carbocycles. The molecule has 9 heteroatoms. The standard InChI is InChI=1S/C39H77NO8/c1-3-5-7-9-11-13-15-17-18-20-22-24-26-32(42)36(44)31(28-29-33-37(45)39(47)38(46)34(30-41)48-33)40-35(43)27-25-23-21-19-16-14-12-10-8-6-4-2/h31-34,36-39,41-42,44-47H,3-30H2,1-2H3,(H,40,43)/t31-,32+,33+,34+,36-,37-,38-,39+/m0/s1. The van der Waals surface area contributed by atoms with Crippen LogP contribution in [0.5, 0.6) is 0 Å². The van der Waals surface area contributed by atoms with Crippen molar-refractivity contribution in [3.63, 3.8) is 0 Å². The number of hydrogen-bond donors (Lipinski definition) is 7. The lowest BCUT2D eigenvalue weighted by Crippen LogP contribution is -2.59. The number of hydrogen-bond acceptors (Lipinski definition) is 8. The number of carbonyl (C=O) groups is 1. The van der Waals surface area contributed by atoms with Gasteiger partial charge < -0.3 is 40.7 Å². The normalized spacial score (nSPS) is 23.2. The van der Waals surface area contributed by atoms with Crippen molar-refractivity contribution in [2.45, 2.75) is 236 Å². The molecule has 0 radical (unpaired) electrons. The van der Waals surface area contributed by atoms with Crippen LogP contribution in [-0.4, -0.2) is 91.9 Å². The molecule has 0 aromatic heterocycles. The topological polar surface area (TPSA) is 160 Å². The number of rotatable bonds is 32. The first-order valence-corrected chi connectivity index (χ1v) is 20.2. The largest absolute Gasteiger partial charge is 0.394 e. The molecule has 1 amide bonds. The molecule has 0 aromatic rings. The number of ether oxygens (including phenoxy) is 1. The Morgan fingerprint density at radius 2 is 1.00 bits per heavy atom. The van der Waals surface area contributed by atoms with Crippen molar-refractivity contribution in [1.29, 1.82) is 0 Å². The van der Waals surface area contributed by atoms with E-state index in [1.54, 1.807) is 0 Å². The van der Waals surface area contributed by atoms with E-state index in [1.807, 2.05) is 0 Å². The van der Waals surface area contributed by atoms with Crippen LogP contribution in [0.25, 0.3) is 0 Å². The fourth-order valence-electron chi connectivity index (χ4n) is 6.95. The Labute approximate surface area is 293 Å². The SMILES string of the molecule is CCCCCCCCCCCCCC[C@@H](O)[C@@H](O)[C@H](CC[C@H]1O[C@H](CO)[C@H](O)[C@H](O)[C@H]1O)NC(=O)CCCCCCCCCCCCC. The van der Waals surface area contributed by atoms with Crippen molar-refractivity contribution >= 4 is 5.91 Å². The zero-order valence-corrected chi connectivity index (χ0v) is 30.9. The van der Waals surface area contributed by atoms with Gasteiger partial charge in [-0.1, -0.05) is 155 Å². The summed E-state index contributed by atoms with van der Waals surface area (Å²) in [6, 6.07) is -0.759. The Kier molecular flexibility index (Phi) is 28.1. The number of nitrogens with one attached hydrogen (secondary N) is 1. The third kappa shape index (κ3) is 20.8. The molecule has 8 atom stereocenters. The Morgan fingerprint density at radius 3 is 1.46 bits per heavy atom. The maximum Gasteiger partial charge on any atom is 0.220 e. The molecule has 286 valence electrons. The lowest BCUT2D eigenvalue weighted by Gasteiger charge is -2.40. The summed E-state index contributed by atoms with van der Waals surface area (Å²) >= 11 is 0. The number of unbranched alkanes of at least 4 members (excludes halogenated alkanes) is 21. The van der Waals surface area contributed by atoms with E-state index in [9.17, 15) is 35.4 Å². The lowest BCUT2D eigenvalue weighted by atomic mass is 9.90. The van der Waals surface area contributed by atoms with Gasteiger partial charge in [-0.3, -0.25) is 4.79 Å². The molecule has 1 heterocycles. The van der Waals surface area contributed by atoms with Gasteiger partial charge in [0.25, 0.3) is 0 Å². The monoisotopic (exact) mass is 688 g/mol. The molecule has 1 aliphatic heterocycles. The van der Waals surface area contributed by atoms with Crippen LogP contribution < -0.4 is 5.32 Å². The first-order chi connectivity index (χ1) is 23.3. The molecule has 0 bridgehead atoms. The Balaban J connectivity index is 2.49. The summed E-state index contributed by atoms with van der Waals surface area (Å²) < 4.78 is 5.65. The molecule has 1 fully saturated rings. The van der Waals surface area contributed by atoms with Crippen LogP contribution in [0.3, 0.4) is 0 Å². The summed E-state index contributed by atoms with van der Waals surface area (Å²) in [6.07, 6.45) is 20.4. The van der Waals surface area contributed by atoms with Crippen molar-refractivity contribution in [3.8, 4) is 0 Å². The molecule has 48 heavy (non-hydrogen) atoms. The van der Waals surface area contributed by atoms with Crippen molar-refractivity contribution < 1.29 is 40.2 Å². The van der Waals surface area contributed by atoms with Crippen LogP contribution in [0.1, 0.15) is 187 Å². The van der Waals surface area contributed by atoms with Crippen molar-refractivity contribution in [1.82, 2.24) is 5.32 Å². The van der Waals surface area contributed by atoms with E-state index in [0.29, 0.717) is 12.8 Å². The first-order valence-electron chi connectivity index (χ1n) is 20.2. The predicted molar refractivity (Wildman–Crippen MR) is 194 cm³/mol. The summed E-state index contributed by atoms with van der Waals surface area (Å²) in [5.41, 5.74) is 0. The predicted octanol–water partition coefficient (Wildman–Crippen LogP) is 6.61. The quantitative estimate of drug-likeness (QED) is 0.0389. The van der Waals surface area contributed by atoms with Crippen LogP contribution >= 0.6 is 0 Å². The molecular weight excluding hydrogens is 610 g/mol. The summed E-state index contributed by atoms with van der Waals surface area (Å²) in [5.74, 6) is -0.179. The highest BCUT2D eigenvalue weighted by Gasteiger charge is 2.43. The van der Waals surface area contributed by atoms with E-state index < -0.39 is 55.4 Å². The molecule has 7 N–H and O–H groups in total. The van der Waals surface area contributed by atoms with Crippen molar-refractivity contribution in [2.24, 2.45) is 0 Å². The zero-order chi connectivity index (χ0) is 35.4. The van der Waals surface area contributed by atoms with E-state index in [-0.39, 0.29) is 18.7 Å². The molecular formula is C39H77NO8. The van der Waals surface area contributed by atoms with Gasteiger partial charge in [-0.25, -0.2) is 0 Å². The minimum Gasteiger partial charge on any atom is -0.394 e. The maximum atomic E-state index is 12.9. The van der Waals surface area contributed by atoms with Crippen LogP contribution in [0.15, 0.2) is 0 Å². The van der Waals surface area contributed by atoms with Gasteiger partial charge in [0, 0.05) is 6.42 Å². The molecule has 1 saturated heterocycles. The highest BCUT2D eigenvalue weighted by atomic mass is 16.5. The van der Waals surface area contributed by atoms with Gasteiger partial charge in [-0.2, -0.15) is 0 Å². The van der Waals surface area contributed by atoms with Gasteiger partial charge in [0.1, 0.15) is 24.4 Å². The summed E-state index contributed by atoms with van der Waals surface area (Å²) in [5, 5.41) is 65.3. The molecule has 0 spiro atoms. The van der Waals surface area contributed by atoms with Gasteiger partial charge in [-0.05, 0) is 25.7 Å². The first kappa shape index (κ1) is 45.2. The number of carbonyl (C=O) groups excluding carboxylic acids is 1. The fourth-order valence-corrected chi connectivity index (χ4v) is 6.95. The maximum absolute atomic E-state index is 12.9.